The number of halogens is 1. The van der Waals surface area contributed by atoms with E-state index in [1.54, 1.807) is 13.2 Å². The molecule has 1 heterocycles. The predicted molar refractivity (Wildman–Crippen MR) is 108 cm³/mol. The van der Waals surface area contributed by atoms with Gasteiger partial charge in [-0.25, -0.2) is 0 Å². The number of nitrogens with one attached hydrogen (secondary N) is 1. The molecule has 142 valence electrons. The fourth-order valence-electron chi connectivity index (χ4n) is 3.14. The van der Waals surface area contributed by atoms with Gasteiger partial charge in [0, 0.05) is 17.5 Å². The van der Waals surface area contributed by atoms with Crippen LogP contribution in [0.4, 0.5) is 0 Å². The van der Waals surface area contributed by atoms with Crippen LogP contribution >= 0.6 is 11.6 Å². The summed E-state index contributed by atoms with van der Waals surface area (Å²) in [4.78, 5) is 14.8. The standard InChI is InChI=1S/C21H23ClN2O3/c1-13-16-9-6-10-17(22)20(16)27-19(13)21(25)23-12-18(24(2)3)14-7-5-8-15(11-14)26-4/h5-11,18H,12H2,1-4H3,(H,23,25). The van der Waals surface area contributed by atoms with Gasteiger partial charge in [-0.2, -0.15) is 0 Å². The van der Waals surface area contributed by atoms with E-state index >= 15 is 0 Å². The number of benzene rings is 2. The molecule has 1 unspecified atom stereocenters. The highest BCUT2D eigenvalue weighted by atomic mass is 35.5. The number of nitrogens with zero attached hydrogens (tertiary/aromatic N) is 1. The highest BCUT2D eigenvalue weighted by molar-refractivity contribution is 6.35. The Bertz CT molecular complexity index is 965. The van der Waals surface area contributed by atoms with E-state index < -0.39 is 0 Å². The molecular formula is C21H23ClN2O3. The Morgan fingerprint density at radius 3 is 2.67 bits per heavy atom. The molecule has 0 fully saturated rings. The van der Waals surface area contributed by atoms with Gasteiger partial charge in [0.25, 0.3) is 5.91 Å². The topological polar surface area (TPSA) is 54.7 Å². The van der Waals surface area contributed by atoms with Gasteiger partial charge >= 0.3 is 0 Å². The summed E-state index contributed by atoms with van der Waals surface area (Å²) in [5.41, 5.74) is 2.38. The van der Waals surface area contributed by atoms with Crippen molar-refractivity contribution in [2.75, 3.05) is 27.7 Å². The van der Waals surface area contributed by atoms with Gasteiger partial charge in [-0.3, -0.25) is 4.79 Å². The van der Waals surface area contributed by atoms with Crippen molar-refractivity contribution in [1.82, 2.24) is 10.2 Å². The number of methoxy groups -OCH3 is 1. The van der Waals surface area contributed by atoms with E-state index in [1.807, 2.05) is 57.4 Å². The van der Waals surface area contributed by atoms with Crippen LogP contribution in [0.1, 0.15) is 27.7 Å². The van der Waals surface area contributed by atoms with E-state index in [0.717, 1.165) is 22.3 Å². The predicted octanol–water partition coefficient (Wildman–Crippen LogP) is 4.44. The van der Waals surface area contributed by atoms with Crippen LogP contribution in [-0.4, -0.2) is 38.6 Å². The zero-order valence-electron chi connectivity index (χ0n) is 15.9. The Kier molecular flexibility index (Phi) is 5.73. The Morgan fingerprint density at radius 2 is 2.00 bits per heavy atom. The molecule has 1 amide bonds. The van der Waals surface area contributed by atoms with Crippen LogP contribution in [0, 0.1) is 6.92 Å². The van der Waals surface area contributed by atoms with Crippen LogP contribution in [0.25, 0.3) is 11.0 Å². The lowest BCUT2D eigenvalue weighted by molar-refractivity contribution is 0.0915. The van der Waals surface area contributed by atoms with Gasteiger partial charge in [0.2, 0.25) is 0 Å². The third kappa shape index (κ3) is 3.94. The maximum absolute atomic E-state index is 12.7. The molecule has 3 rings (SSSR count). The fraction of sp³-hybridized carbons (Fsp3) is 0.286. The second-order valence-electron chi connectivity index (χ2n) is 6.64. The number of aryl methyl sites for hydroxylation is 1. The minimum atomic E-state index is -0.255. The normalized spacial score (nSPS) is 12.4. The molecule has 2 aromatic carbocycles. The first kappa shape index (κ1) is 19.3. The van der Waals surface area contributed by atoms with Crippen molar-refractivity contribution < 1.29 is 13.9 Å². The number of amides is 1. The van der Waals surface area contributed by atoms with Crippen molar-refractivity contribution in [2.45, 2.75) is 13.0 Å². The van der Waals surface area contributed by atoms with Crippen molar-refractivity contribution in [3.63, 3.8) is 0 Å². The molecule has 1 N–H and O–H groups in total. The number of hydrogen-bond acceptors (Lipinski definition) is 4. The number of fused-ring (bicyclic) bond motifs is 1. The zero-order valence-corrected chi connectivity index (χ0v) is 16.6. The first-order valence-electron chi connectivity index (χ1n) is 8.68. The zero-order chi connectivity index (χ0) is 19.6. The van der Waals surface area contributed by atoms with E-state index in [1.165, 1.54) is 0 Å². The molecule has 0 saturated carbocycles. The molecule has 0 saturated heterocycles. The van der Waals surface area contributed by atoms with Crippen LogP contribution in [0.5, 0.6) is 5.75 Å². The number of carbonyl (C=O) groups is 1. The average Bonchev–Trinajstić information content (AvgIpc) is 3.00. The van der Waals surface area contributed by atoms with Gasteiger partial charge in [0.1, 0.15) is 5.75 Å². The molecule has 0 spiro atoms. The summed E-state index contributed by atoms with van der Waals surface area (Å²) >= 11 is 6.18. The molecule has 0 aliphatic rings. The summed E-state index contributed by atoms with van der Waals surface area (Å²) in [6, 6.07) is 13.3. The lowest BCUT2D eigenvalue weighted by Crippen LogP contribution is -2.34. The maximum Gasteiger partial charge on any atom is 0.287 e. The lowest BCUT2D eigenvalue weighted by atomic mass is 10.1. The van der Waals surface area contributed by atoms with Crippen molar-refractivity contribution in [2.24, 2.45) is 0 Å². The van der Waals surface area contributed by atoms with E-state index in [-0.39, 0.29) is 11.9 Å². The van der Waals surface area contributed by atoms with Gasteiger partial charge in [0.15, 0.2) is 11.3 Å². The number of ether oxygens (including phenoxy) is 1. The minimum Gasteiger partial charge on any atom is -0.497 e. The van der Waals surface area contributed by atoms with Gasteiger partial charge in [-0.1, -0.05) is 35.9 Å². The molecule has 1 aromatic heterocycles. The summed E-state index contributed by atoms with van der Waals surface area (Å²) in [5, 5.41) is 4.33. The molecule has 0 radical (unpaired) electrons. The number of hydrogen-bond donors (Lipinski definition) is 1. The Morgan fingerprint density at radius 1 is 1.26 bits per heavy atom. The first-order valence-corrected chi connectivity index (χ1v) is 9.06. The number of para-hydroxylation sites is 1. The molecular weight excluding hydrogens is 364 g/mol. The molecule has 0 aliphatic carbocycles. The van der Waals surface area contributed by atoms with Crippen LogP contribution in [-0.2, 0) is 0 Å². The van der Waals surface area contributed by atoms with E-state index in [9.17, 15) is 4.79 Å². The second-order valence-corrected chi connectivity index (χ2v) is 7.05. The van der Waals surface area contributed by atoms with E-state index in [2.05, 4.69) is 10.2 Å². The molecule has 3 aromatic rings. The lowest BCUT2D eigenvalue weighted by Gasteiger charge is -2.25. The second kappa shape index (κ2) is 8.03. The number of rotatable bonds is 6. The summed E-state index contributed by atoms with van der Waals surface area (Å²) in [6.45, 7) is 2.30. The van der Waals surface area contributed by atoms with Crippen molar-refractivity contribution in [3.05, 3.63) is 64.4 Å². The highest BCUT2D eigenvalue weighted by Gasteiger charge is 2.21. The molecule has 0 bridgehead atoms. The van der Waals surface area contributed by atoms with Crippen LogP contribution in [0.3, 0.4) is 0 Å². The number of carbonyl (C=O) groups excluding carboxylic acids is 1. The number of likely N-dealkylation sites (N-methyl/N-ethyl adjacent to an activating group) is 1. The van der Waals surface area contributed by atoms with Gasteiger partial charge < -0.3 is 19.4 Å². The van der Waals surface area contributed by atoms with Crippen molar-refractivity contribution in [3.8, 4) is 5.75 Å². The molecule has 6 heteroatoms. The van der Waals surface area contributed by atoms with Gasteiger partial charge in [0.05, 0.1) is 18.2 Å². The summed E-state index contributed by atoms with van der Waals surface area (Å²) in [7, 11) is 5.59. The van der Waals surface area contributed by atoms with Crippen LogP contribution < -0.4 is 10.1 Å². The van der Waals surface area contributed by atoms with Crippen molar-refractivity contribution in [1.29, 1.82) is 0 Å². The summed E-state index contributed by atoms with van der Waals surface area (Å²) in [5.74, 6) is 0.823. The van der Waals surface area contributed by atoms with E-state index in [4.69, 9.17) is 20.8 Å². The first-order chi connectivity index (χ1) is 12.9. The molecule has 0 aliphatic heterocycles. The Labute approximate surface area is 163 Å². The minimum absolute atomic E-state index is 0.00248. The highest BCUT2D eigenvalue weighted by Crippen LogP contribution is 2.30. The maximum atomic E-state index is 12.7. The summed E-state index contributed by atoms with van der Waals surface area (Å²) < 4.78 is 11.1. The van der Waals surface area contributed by atoms with Gasteiger partial charge in [-0.15, -0.1) is 0 Å². The molecule has 1 atom stereocenters. The average molecular weight is 387 g/mol. The third-order valence-corrected chi connectivity index (χ3v) is 4.98. The Hall–Kier alpha value is -2.50. The summed E-state index contributed by atoms with van der Waals surface area (Å²) in [6.07, 6.45) is 0. The monoisotopic (exact) mass is 386 g/mol. The SMILES string of the molecule is COc1cccc(C(CNC(=O)c2oc3c(Cl)cccc3c2C)N(C)C)c1. The van der Waals surface area contributed by atoms with Crippen molar-refractivity contribution >= 4 is 28.5 Å². The fourth-order valence-corrected chi connectivity index (χ4v) is 3.36. The quantitative estimate of drug-likeness (QED) is 0.680. The largest absolute Gasteiger partial charge is 0.497 e. The Balaban J connectivity index is 1.81. The van der Waals surface area contributed by atoms with Crippen LogP contribution in [0.2, 0.25) is 5.02 Å². The van der Waals surface area contributed by atoms with E-state index in [0.29, 0.717) is 22.9 Å². The molecule has 5 nitrogen and oxygen atoms in total. The smallest absolute Gasteiger partial charge is 0.287 e. The van der Waals surface area contributed by atoms with Crippen LogP contribution in [0.15, 0.2) is 46.9 Å². The number of furan rings is 1. The van der Waals surface area contributed by atoms with Gasteiger partial charge in [-0.05, 0) is 44.8 Å². The molecule has 27 heavy (non-hydrogen) atoms. The third-order valence-electron chi connectivity index (χ3n) is 4.68.